The monoisotopic (exact) mass is 213 g/mol. The number of nitrogens with one attached hydrogen (secondary N) is 1. The van der Waals surface area contributed by atoms with Gasteiger partial charge in [0, 0.05) is 19.4 Å². The van der Waals surface area contributed by atoms with Gasteiger partial charge in [-0.25, -0.2) is 0 Å². The van der Waals surface area contributed by atoms with Crippen molar-refractivity contribution < 1.29 is 4.79 Å². The Hall–Kier alpha value is -0.370. The Bertz CT molecular complexity index is 145. The van der Waals surface area contributed by atoms with E-state index in [0.29, 0.717) is 12.2 Å². The van der Waals surface area contributed by atoms with Gasteiger partial charge in [0.15, 0.2) is 0 Å². The molecule has 0 amide bonds. The zero-order valence-electron chi connectivity index (χ0n) is 10.5. The van der Waals surface area contributed by atoms with Gasteiger partial charge in [0.2, 0.25) is 0 Å². The number of rotatable bonds is 11. The van der Waals surface area contributed by atoms with Gasteiger partial charge in [-0.1, -0.05) is 46.0 Å². The molecule has 0 heterocycles. The summed E-state index contributed by atoms with van der Waals surface area (Å²) < 4.78 is 0. The molecule has 2 nitrogen and oxygen atoms in total. The topological polar surface area (TPSA) is 29.1 Å². The SMILES string of the molecule is CCCCCCCCC(=O)CCNCC. The molecule has 0 aliphatic rings. The smallest absolute Gasteiger partial charge is 0.134 e. The summed E-state index contributed by atoms with van der Waals surface area (Å²) in [7, 11) is 0. The molecule has 15 heavy (non-hydrogen) atoms. The Morgan fingerprint density at radius 1 is 0.933 bits per heavy atom. The van der Waals surface area contributed by atoms with E-state index in [2.05, 4.69) is 19.2 Å². The summed E-state index contributed by atoms with van der Waals surface area (Å²) in [5.41, 5.74) is 0. The lowest BCUT2D eigenvalue weighted by atomic mass is 10.1. The van der Waals surface area contributed by atoms with E-state index in [9.17, 15) is 4.79 Å². The molecule has 90 valence electrons. The number of hydrogen-bond donors (Lipinski definition) is 1. The second-order valence-corrected chi connectivity index (χ2v) is 4.16. The molecule has 0 aromatic heterocycles. The Morgan fingerprint density at radius 3 is 2.27 bits per heavy atom. The third-order valence-electron chi connectivity index (χ3n) is 2.64. The number of carbonyl (C=O) groups excluding carboxylic acids is 1. The van der Waals surface area contributed by atoms with Crippen molar-refractivity contribution in [3.05, 3.63) is 0 Å². The van der Waals surface area contributed by atoms with Crippen molar-refractivity contribution in [2.24, 2.45) is 0 Å². The van der Waals surface area contributed by atoms with Crippen LogP contribution in [0.2, 0.25) is 0 Å². The Labute approximate surface area is 94.8 Å². The first kappa shape index (κ1) is 14.6. The van der Waals surface area contributed by atoms with Crippen LogP contribution in [0.15, 0.2) is 0 Å². The van der Waals surface area contributed by atoms with Crippen LogP contribution in [0, 0.1) is 0 Å². The van der Waals surface area contributed by atoms with Crippen molar-refractivity contribution in [1.29, 1.82) is 0 Å². The number of Topliss-reactive ketones (excluding diaryl/α,β-unsaturated/α-hetero) is 1. The van der Waals surface area contributed by atoms with Crippen LogP contribution >= 0.6 is 0 Å². The molecule has 0 atom stereocenters. The van der Waals surface area contributed by atoms with E-state index >= 15 is 0 Å². The zero-order valence-corrected chi connectivity index (χ0v) is 10.5. The normalized spacial score (nSPS) is 10.5. The molecular weight excluding hydrogens is 186 g/mol. The molecule has 0 radical (unpaired) electrons. The molecule has 0 saturated carbocycles. The average Bonchev–Trinajstić information content (AvgIpc) is 2.23. The van der Waals surface area contributed by atoms with Gasteiger partial charge in [0.1, 0.15) is 5.78 Å². The van der Waals surface area contributed by atoms with Gasteiger partial charge in [-0.3, -0.25) is 4.79 Å². The van der Waals surface area contributed by atoms with Crippen LogP contribution < -0.4 is 5.32 Å². The fourth-order valence-corrected chi connectivity index (χ4v) is 1.63. The van der Waals surface area contributed by atoms with Crippen LogP contribution in [0.3, 0.4) is 0 Å². The lowest BCUT2D eigenvalue weighted by molar-refractivity contribution is -0.119. The standard InChI is InChI=1S/C13H27NO/c1-3-5-6-7-8-9-10-13(15)11-12-14-4-2/h14H,3-12H2,1-2H3. The van der Waals surface area contributed by atoms with Gasteiger partial charge in [-0.05, 0) is 13.0 Å². The van der Waals surface area contributed by atoms with Crippen LogP contribution in [0.25, 0.3) is 0 Å². The molecular formula is C13H27NO. The summed E-state index contributed by atoms with van der Waals surface area (Å²) in [4.78, 5) is 11.4. The van der Waals surface area contributed by atoms with Gasteiger partial charge in [-0.2, -0.15) is 0 Å². The van der Waals surface area contributed by atoms with Crippen molar-refractivity contribution >= 4 is 5.78 Å². The highest BCUT2D eigenvalue weighted by atomic mass is 16.1. The second-order valence-electron chi connectivity index (χ2n) is 4.16. The fourth-order valence-electron chi connectivity index (χ4n) is 1.63. The van der Waals surface area contributed by atoms with Crippen LogP contribution in [-0.2, 0) is 4.79 Å². The highest BCUT2D eigenvalue weighted by molar-refractivity contribution is 5.78. The first-order valence-corrected chi connectivity index (χ1v) is 6.53. The second kappa shape index (κ2) is 11.7. The molecule has 0 bridgehead atoms. The molecule has 0 aliphatic heterocycles. The Kier molecular flexibility index (Phi) is 11.4. The van der Waals surface area contributed by atoms with Gasteiger partial charge >= 0.3 is 0 Å². The summed E-state index contributed by atoms with van der Waals surface area (Å²) in [6.45, 7) is 6.11. The molecule has 0 fully saturated rings. The molecule has 1 N–H and O–H groups in total. The van der Waals surface area contributed by atoms with Crippen molar-refractivity contribution in [3.8, 4) is 0 Å². The van der Waals surface area contributed by atoms with Crippen molar-refractivity contribution in [1.82, 2.24) is 5.32 Å². The van der Waals surface area contributed by atoms with E-state index in [-0.39, 0.29) is 0 Å². The molecule has 0 aromatic carbocycles. The predicted octanol–water partition coefficient (Wildman–Crippen LogP) is 3.31. The van der Waals surface area contributed by atoms with E-state index in [1.807, 2.05) is 0 Å². The lowest BCUT2D eigenvalue weighted by Crippen LogP contribution is -2.17. The van der Waals surface area contributed by atoms with E-state index in [1.165, 1.54) is 32.1 Å². The molecule has 0 spiro atoms. The van der Waals surface area contributed by atoms with Crippen molar-refractivity contribution in [2.45, 2.75) is 65.2 Å². The predicted molar refractivity (Wildman–Crippen MR) is 66.2 cm³/mol. The quantitative estimate of drug-likeness (QED) is 0.533. The summed E-state index contributed by atoms with van der Waals surface area (Å²) >= 11 is 0. The third-order valence-corrected chi connectivity index (χ3v) is 2.64. The first-order valence-electron chi connectivity index (χ1n) is 6.53. The van der Waals surface area contributed by atoms with E-state index in [1.54, 1.807) is 0 Å². The molecule has 0 aromatic rings. The lowest BCUT2D eigenvalue weighted by Gasteiger charge is -2.02. The fraction of sp³-hybridized carbons (Fsp3) is 0.923. The molecule has 0 aliphatic carbocycles. The van der Waals surface area contributed by atoms with Gasteiger partial charge in [-0.15, -0.1) is 0 Å². The Balaban J connectivity index is 3.10. The third kappa shape index (κ3) is 11.6. The number of hydrogen-bond acceptors (Lipinski definition) is 2. The largest absolute Gasteiger partial charge is 0.317 e. The van der Waals surface area contributed by atoms with Gasteiger partial charge < -0.3 is 5.32 Å². The van der Waals surface area contributed by atoms with Crippen molar-refractivity contribution in [3.63, 3.8) is 0 Å². The van der Waals surface area contributed by atoms with Crippen LogP contribution in [0.5, 0.6) is 0 Å². The van der Waals surface area contributed by atoms with Crippen LogP contribution in [0.4, 0.5) is 0 Å². The van der Waals surface area contributed by atoms with E-state index < -0.39 is 0 Å². The summed E-state index contributed by atoms with van der Waals surface area (Å²) in [6.07, 6.45) is 9.09. The minimum absolute atomic E-state index is 0.423. The minimum Gasteiger partial charge on any atom is -0.317 e. The highest BCUT2D eigenvalue weighted by Crippen LogP contribution is 2.07. The maximum absolute atomic E-state index is 11.4. The molecule has 0 saturated heterocycles. The highest BCUT2D eigenvalue weighted by Gasteiger charge is 2.00. The maximum atomic E-state index is 11.4. The molecule has 0 unspecified atom stereocenters. The Morgan fingerprint density at radius 2 is 1.60 bits per heavy atom. The summed E-state index contributed by atoms with van der Waals surface area (Å²) in [6, 6.07) is 0. The number of carbonyl (C=O) groups is 1. The number of ketones is 1. The van der Waals surface area contributed by atoms with Crippen molar-refractivity contribution in [2.75, 3.05) is 13.1 Å². The van der Waals surface area contributed by atoms with E-state index in [4.69, 9.17) is 0 Å². The molecule has 0 rings (SSSR count). The van der Waals surface area contributed by atoms with Gasteiger partial charge in [0.25, 0.3) is 0 Å². The van der Waals surface area contributed by atoms with Gasteiger partial charge in [0.05, 0.1) is 0 Å². The van der Waals surface area contributed by atoms with Crippen LogP contribution in [0.1, 0.15) is 65.2 Å². The summed E-state index contributed by atoms with van der Waals surface area (Å²) in [5.74, 6) is 0.423. The van der Waals surface area contributed by atoms with Crippen LogP contribution in [-0.4, -0.2) is 18.9 Å². The minimum atomic E-state index is 0.423. The summed E-state index contributed by atoms with van der Waals surface area (Å²) in [5, 5.41) is 3.18. The maximum Gasteiger partial charge on any atom is 0.134 e. The average molecular weight is 213 g/mol. The molecule has 2 heteroatoms. The zero-order chi connectivity index (χ0) is 11.4. The first-order chi connectivity index (χ1) is 7.31. The van der Waals surface area contributed by atoms with E-state index in [0.717, 1.165) is 25.9 Å². The number of unbranched alkanes of at least 4 members (excludes halogenated alkanes) is 5.